The molecule has 0 fully saturated rings. The van der Waals surface area contributed by atoms with Crippen molar-refractivity contribution in [2.24, 2.45) is 7.05 Å². The van der Waals surface area contributed by atoms with Crippen molar-refractivity contribution in [1.29, 1.82) is 0 Å². The van der Waals surface area contributed by atoms with Crippen molar-refractivity contribution >= 4 is 33.3 Å². The molecular formula is C11H10ClN3O4S. The van der Waals surface area contributed by atoms with Gasteiger partial charge in [-0.05, 0) is 12.1 Å². The summed E-state index contributed by atoms with van der Waals surface area (Å²) in [6.45, 7) is 0. The van der Waals surface area contributed by atoms with Crippen molar-refractivity contribution in [2.45, 2.75) is 4.90 Å². The van der Waals surface area contributed by atoms with E-state index in [-0.39, 0.29) is 21.3 Å². The lowest BCUT2D eigenvalue weighted by Gasteiger charge is -2.07. The Morgan fingerprint density at radius 3 is 2.75 bits per heavy atom. The zero-order chi connectivity index (χ0) is 14.9. The molecular weight excluding hydrogens is 306 g/mol. The number of sulfonamides is 1. The minimum atomic E-state index is -3.93. The van der Waals surface area contributed by atoms with Gasteiger partial charge in [-0.2, -0.15) is 0 Å². The summed E-state index contributed by atoms with van der Waals surface area (Å²) in [6, 6.07) is 2.50. The molecule has 2 aromatic rings. The number of nitrogens with zero attached hydrogens (tertiary/aromatic N) is 2. The zero-order valence-electron chi connectivity index (χ0n) is 10.2. The molecule has 0 unspecified atom stereocenters. The molecule has 7 nitrogen and oxygen atoms in total. The van der Waals surface area contributed by atoms with E-state index in [0.29, 0.717) is 0 Å². The molecule has 0 aliphatic heterocycles. The van der Waals surface area contributed by atoms with E-state index < -0.39 is 16.0 Å². The summed E-state index contributed by atoms with van der Waals surface area (Å²) in [6.07, 6.45) is 3.89. The molecule has 0 aliphatic carbocycles. The number of hydrogen-bond acceptors (Lipinski definition) is 4. The molecule has 0 spiro atoms. The first-order chi connectivity index (χ1) is 9.31. The van der Waals surface area contributed by atoms with Gasteiger partial charge in [0.2, 0.25) is 0 Å². The SMILES string of the molecule is Cn1cc(S(=O)(=O)Nc2cnccc2Cl)cc1C(=O)O. The van der Waals surface area contributed by atoms with E-state index in [1.165, 1.54) is 36.3 Å². The van der Waals surface area contributed by atoms with E-state index in [1.54, 1.807) is 0 Å². The van der Waals surface area contributed by atoms with Crippen LogP contribution in [0, 0.1) is 0 Å². The number of carboxylic acid groups (broad SMARTS) is 1. The van der Waals surface area contributed by atoms with Crippen molar-refractivity contribution in [3.05, 3.63) is 41.4 Å². The average molecular weight is 316 g/mol. The van der Waals surface area contributed by atoms with Crippen LogP contribution in [0.3, 0.4) is 0 Å². The van der Waals surface area contributed by atoms with Gasteiger partial charge in [0.25, 0.3) is 10.0 Å². The summed E-state index contributed by atoms with van der Waals surface area (Å²) in [5, 5.41) is 9.10. The number of pyridine rings is 1. The highest BCUT2D eigenvalue weighted by Gasteiger charge is 2.21. The Morgan fingerprint density at radius 2 is 2.20 bits per heavy atom. The number of anilines is 1. The molecule has 0 amide bonds. The number of nitrogens with one attached hydrogen (secondary N) is 1. The predicted octanol–water partition coefficient (Wildman–Crippen LogP) is 1.57. The fraction of sp³-hybridized carbons (Fsp3) is 0.0909. The molecule has 0 aliphatic rings. The van der Waals surface area contributed by atoms with Gasteiger partial charge in [0.05, 0.1) is 16.9 Å². The summed E-state index contributed by atoms with van der Waals surface area (Å²) < 4.78 is 27.7. The van der Waals surface area contributed by atoms with E-state index >= 15 is 0 Å². The smallest absolute Gasteiger partial charge is 0.352 e. The van der Waals surface area contributed by atoms with Gasteiger partial charge >= 0.3 is 5.97 Å². The van der Waals surface area contributed by atoms with Crippen molar-refractivity contribution in [1.82, 2.24) is 9.55 Å². The molecule has 0 saturated carbocycles. The summed E-state index contributed by atoms with van der Waals surface area (Å²) in [5.41, 5.74) is -0.0162. The third-order valence-corrected chi connectivity index (χ3v) is 4.18. The lowest BCUT2D eigenvalue weighted by atomic mass is 10.4. The van der Waals surface area contributed by atoms with Crippen LogP contribution in [0.15, 0.2) is 35.6 Å². The second kappa shape index (κ2) is 5.14. The number of halogens is 1. The Labute approximate surface area is 119 Å². The Morgan fingerprint density at radius 1 is 1.50 bits per heavy atom. The third kappa shape index (κ3) is 2.75. The number of hydrogen-bond donors (Lipinski definition) is 2. The van der Waals surface area contributed by atoms with Crippen LogP contribution in [0.4, 0.5) is 5.69 Å². The highest BCUT2D eigenvalue weighted by atomic mass is 35.5. The number of aryl methyl sites for hydroxylation is 1. The molecule has 2 N–H and O–H groups in total. The second-order valence-corrected chi connectivity index (χ2v) is 6.03. The minimum Gasteiger partial charge on any atom is -0.477 e. The van der Waals surface area contributed by atoms with Crippen LogP contribution in [-0.2, 0) is 17.1 Å². The Hall–Kier alpha value is -2.06. The Balaban J connectivity index is 2.39. The number of rotatable bonds is 4. The molecule has 0 aromatic carbocycles. The van der Waals surface area contributed by atoms with Crippen LogP contribution in [0.25, 0.3) is 0 Å². The molecule has 0 saturated heterocycles. The van der Waals surface area contributed by atoms with Crippen LogP contribution in [0.2, 0.25) is 5.02 Å². The van der Waals surface area contributed by atoms with E-state index in [0.717, 1.165) is 6.07 Å². The van der Waals surface area contributed by atoms with Crippen LogP contribution < -0.4 is 4.72 Å². The van der Waals surface area contributed by atoms with Gasteiger partial charge < -0.3 is 9.67 Å². The normalized spacial score (nSPS) is 11.3. The third-order valence-electron chi connectivity index (χ3n) is 2.52. The van der Waals surface area contributed by atoms with Crippen molar-refractivity contribution < 1.29 is 18.3 Å². The van der Waals surface area contributed by atoms with E-state index in [9.17, 15) is 13.2 Å². The van der Waals surface area contributed by atoms with Gasteiger partial charge in [-0.3, -0.25) is 9.71 Å². The summed E-state index contributed by atoms with van der Waals surface area (Å²) in [7, 11) is -2.49. The van der Waals surface area contributed by atoms with Gasteiger partial charge in [0, 0.05) is 19.4 Å². The second-order valence-electron chi connectivity index (χ2n) is 3.94. The number of carboxylic acids is 1. The fourth-order valence-electron chi connectivity index (χ4n) is 1.55. The van der Waals surface area contributed by atoms with Gasteiger partial charge in [-0.1, -0.05) is 11.6 Å². The van der Waals surface area contributed by atoms with Gasteiger partial charge in [0.15, 0.2) is 0 Å². The molecule has 0 radical (unpaired) electrons. The Kier molecular flexibility index (Phi) is 3.69. The zero-order valence-corrected chi connectivity index (χ0v) is 11.8. The van der Waals surface area contributed by atoms with Crippen LogP contribution in [-0.4, -0.2) is 29.0 Å². The van der Waals surface area contributed by atoms with Crippen molar-refractivity contribution in [3.63, 3.8) is 0 Å². The van der Waals surface area contributed by atoms with Crippen molar-refractivity contribution in [3.8, 4) is 0 Å². The van der Waals surface area contributed by atoms with E-state index in [1.807, 2.05) is 0 Å². The lowest BCUT2D eigenvalue weighted by molar-refractivity contribution is 0.0686. The summed E-state index contributed by atoms with van der Waals surface area (Å²) >= 11 is 5.84. The molecule has 106 valence electrons. The first kappa shape index (κ1) is 14.4. The minimum absolute atomic E-state index is 0.120. The topological polar surface area (TPSA) is 101 Å². The molecule has 0 atom stereocenters. The maximum atomic E-state index is 12.1. The molecule has 20 heavy (non-hydrogen) atoms. The quantitative estimate of drug-likeness (QED) is 0.891. The van der Waals surface area contributed by atoms with Crippen LogP contribution in [0.1, 0.15) is 10.5 Å². The van der Waals surface area contributed by atoms with E-state index in [2.05, 4.69) is 9.71 Å². The molecule has 2 heterocycles. The van der Waals surface area contributed by atoms with Crippen molar-refractivity contribution in [2.75, 3.05) is 4.72 Å². The number of aromatic nitrogens is 2. The average Bonchev–Trinajstić information content (AvgIpc) is 2.75. The van der Waals surface area contributed by atoms with Crippen LogP contribution >= 0.6 is 11.6 Å². The molecule has 2 rings (SSSR count). The first-order valence-corrected chi connectivity index (χ1v) is 7.19. The van der Waals surface area contributed by atoms with Gasteiger partial charge in [-0.25, -0.2) is 13.2 Å². The first-order valence-electron chi connectivity index (χ1n) is 5.33. The summed E-state index contributed by atoms with van der Waals surface area (Å²) in [4.78, 5) is 14.5. The highest BCUT2D eigenvalue weighted by molar-refractivity contribution is 7.92. The maximum absolute atomic E-state index is 12.1. The van der Waals surface area contributed by atoms with Gasteiger partial charge in [-0.15, -0.1) is 0 Å². The Bertz CT molecular complexity index is 770. The number of aromatic carboxylic acids is 1. The number of carbonyl (C=O) groups is 1. The van der Waals surface area contributed by atoms with Crippen LogP contribution in [0.5, 0.6) is 0 Å². The lowest BCUT2D eigenvalue weighted by Crippen LogP contribution is -2.12. The van der Waals surface area contributed by atoms with Gasteiger partial charge in [0.1, 0.15) is 10.6 Å². The highest BCUT2D eigenvalue weighted by Crippen LogP contribution is 2.23. The maximum Gasteiger partial charge on any atom is 0.352 e. The summed E-state index contributed by atoms with van der Waals surface area (Å²) in [5.74, 6) is -1.21. The molecule has 0 bridgehead atoms. The fourth-order valence-corrected chi connectivity index (χ4v) is 2.89. The van der Waals surface area contributed by atoms with E-state index in [4.69, 9.17) is 16.7 Å². The molecule has 2 aromatic heterocycles. The molecule has 9 heteroatoms. The largest absolute Gasteiger partial charge is 0.477 e. The monoisotopic (exact) mass is 315 g/mol. The predicted molar refractivity (Wildman–Crippen MR) is 72.4 cm³/mol. The standard InChI is InChI=1S/C11H10ClN3O4S/c1-15-6-7(4-10(15)11(16)17)20(18,19)14-9-5-13-3-2-8(9)12/h2-6,14H,1H3,(H,16,17).